The lowest BCUT2D eigenvalue weighted by Crippen LogP contribution is -2.30. The van der Waals surface area contributed by atoms with E-state index in [1.54, 1.807) is 6.92 Å². The summed E-state index contributed by atoms with van der Waals surface area (Å²) in [5.74, 6) is -1.49. The van der Waals surface area contributed by atoms with Crippen molar-refractivity contribution < 1.29 is 28.6 Å². The van der Waals surface area contributed by atoms with Gasteiger partial charge in [0, 0.05) is 6.92 Å². The predicted octanol–water partition coefficient (Wildman–Crippen LogP) is 9.28. The third-order valence-corrected chi connectivity index (χ3v) is 5.46. The highest BCUT2D eigenvalue weighted by molar-refractivity contribution is 5.76. The molecule has 0 aromatic carbocycles. The number of unbranched alkanes of at least 4 members (excludes halogenated alkanes) is 2. The van der Waals surface area contributed by atoms with E-state index < -0.39 is 12.0 Å². The van der Waals surface area contributed by atoms with Gasteiger partial charge in [-0.25, -0.2) is 0 Å². The van der Waals surface area contributed by atoms with Crippen LogP contribution < -0.4 is 0 Å². The molecule has 0 aromatic heterocycles. The molecule has 4 atom stereocenters. The lowest BCUT2D eigenvalue weighted by Gasteiger charge is -2.24. The zero-order valence-corrected chi connectivity index (χ0v) is 20.0. The van der Waals surface area contributed by atoms with Gasteiger partial charge in [-0.1, -0.05) is 97.9 Å². The van der Waals surface area contributed by atoms with Crippen molar-refractivity contribution in [2.75, 3.05) is 13.2 Å². The van der Waals surface area contributed by atoms with E-state index in [9.17, 15) is 14.4 Å². The summed E-state index contributed by atoms with van der Waals surface area (Å²) in [4.78, 5) is 36.6. The summed E-state index contributed by atoms with van der Waals surface area (Å²) in [6.45, 7) is 12.1. The molecule has 0 saturated carbocycles. The Hall–Kier alpha value is -1.59. The molecule has 36 heavy (non-hydrogen) atoms. The number of rotatable bonds is 17. The number of carbonyl (C=O) groups excluding carboxylic acids is 3. The molecule has 0 heterocycles. The van der Waals surface area contributed by atoms with Gasteiger partial charge in [0.2, 0.25) is 0 Å². The summed E-state index contributed by atoms with van der Waals surface area (Å²) in [5.41, 5.74) is 0. The SMILES string of the molecule is C.C.C.C.C.C.CCCCOC(=O)C(CC)CC(CC(C)OC(C)=O)C(=O)OCC(CC)CCCC. The minimum atomic E-state index is -0.508. The van der Waals surface area contributed by atoms with Crippen LogP contribution in [0.15, 0.2) is 0 Å². The summed E-state index contributed by atoms with van der Waals surface area (Å²) in [7, 11) is 0. The van der Waals surface area contributed by atoms with Crippen molar-refractivity contribution in [1.29, 1.82) is 0 Å². The first-order valence-corrected chi connectivity index (χ1v) is 11.8. The van der Waals surface area contributed by atoms with E-state index in [4.69, 9.17) is 14.2 Å². The first-order valence-electron chi connectivity index (χ1n) is 11.8. The molecule has 0 fully saturated rings. The normalized spacial score (nSPS) is 12.5. The molecule has 6 nitrogen and oxygen atoms in total. The molecule has 4 unspecified atom stereocenters. The lowest BCUT2D eigenvalue weighted by molar-refractivity contribution is -0.158. The Morgan fingerprint density at radius 1 is 0.694 bits per heavy atom. The molecule has 0 bridgehead atoms. The van der Waals surface area contributed by atoms with Gasteiger partial charge in [-0.2, -0.15) is 0 Å². The van der Waals surface area contributed by atoms with Crippen LogP contribution in [-0.2, 0) is 28.6 Å². The van der Waals surface area contributed by atoms with Gasteiger partial charge in [-0.15, -0.1) is 0 Å². The summed E-state index contributed by atoms with van der Waals surface area (Å²) in [6, 6.07) is 0. The molecule has 0 radical (unpaired) electrons. The smallest absolute Gasteiger partial charge is 0.309 e. The van der Waals surface area contributed by atoms with Gasteiger partial charge in [-0.3, -0.25) is 14.4 Å². The van der Waals surface area contributed by atoms with Crippen molar-refractivity contribution >= 4 is 17.9 Å². The quantitative estimate of drug-likeness (QED) is 0.107. The number of hydrogen-bond donors (Lipinski definition) is 0. The molecule has 0 aliphatic heterocycles. The zero-order valence-electron chi connectivity index (χ0n) is 20.0. The molecular formula is C30H68O6. The second kappa shape index (κ2) is 31.4. The van der Waals surface area contributed by atoms with E-state index in [1.165, 1.54) is 6.92 Å². The Labute approximate surface area is 227 Å². The van der Waals surface area contributed by atoms with Crippen LogP contribution in [0.3, 0.4) is 0 Å². The van der Waals surface area contributed by atoms with E-state index in [-0.39, 0.29) is 68.4 Å². The lowest BCUT2D eigenvalue weighted by atomic mass is 9.88. The summed E-state index contributed by atoms with van der Waals surface area (Å²) in [6.07, 6.45) is 6.86. The van der Waals surface area contributed by atoms with Gasteiger partial charge in [0.15, 0.2) is 0 Å². The molecule has 0 aliphatic rings. The summed E-state index contributed by atoms with van der Waals surface area (Å²) in [5, 5.41) is 0. The monoisotopic (exact) mass is 525 g/mol. The van der Waals surface area contributed by atoms with Gasteiger partial charge < -0.3 is 14.2 Å². The van der Waals surface area contributed by atoms with Crippen molar-refractivity contribution in [2.24, 2.45) is 17.8 Å². The fourth-order valence-corrected chi connectivity index (χ4v) is 3.44. The molecule has 0 N–H and O–H groups in total. The molecule has 0 spiro atoms. The van der Waals surface area contributed by atoms with Crippen LogP contribution in [0, 0.1) is 17.8 Å². The first-order chi connectivity index (χ1) is 14.3. The van der Waals surface area contributed by atoms with E-state index in [0.29, 0.717) is 38.4 Å². The van der Waals surface area contributed by atoms with Crippen LogP contribution >= 0.6 is 0 Å². The van der Waals surface area contributed by atoms with Crippen LogP contribution in [0.5, 0.6) is 0 Å². The Bertz CT molecular complexity index is 492. The molecular weight excluding hydrogens is 456 g/mol. The van der Waals surface area contributed by atoms with Gasteiger partial charge in [0.25, 0.3) is 0 Å². The average molecular weight is 525 g/mol. The fourth-order valence-electron chi connectivity index (χ4n) is 3.44. The van der Waals surface area contributed by atoms with Crippen LogP contribution in [0.25, 0.3) is 0 Å². The molecule has 224 valence electrons. The average Bonchev–Trinajstić information content (AvgIpc) is 2.70. The van der Waals surface area contributed by atoms with Crippen LogP contribution in [-0.4, -0.2) is 37.2 Å². The minimum Gasteiger partial charge on any atom is -0.465 e. The van der Waals surface area contributed by atoms with Crippen molar-refractivity contribution in [3.05, 3.63) is 0 Å². The molecule has 6 heteroatoms. The number of esters is 3. The second-order valence-corrected chi connectivity index (χ2v) is 8.26. The van der Waals surface area contributed by atoms with E-state index in [2.05, 4.69) is 13.8 Å². The molecule has 0 saturated heterocycles. The third kappa shape index (κ3) is 24.1. The zero-order chi connectivity index (χ0) is 22.9. The Kier molecular flexibility index (Phi) is 44.6. The third-order valence-electron chi connectivity index (χ3n) is 5.46. The number of hydrogen-bond acceptors (Lipinski definition) is 6. The highest BCUT2D eigenvalue weighted by Crippen LogP contribution is 2.25. The topological polar surface area (TPSA) is 78.9 Å². The Balaban J connectivity index is -0.000000280. The summed E-state index contributed by atoms with van der Waals surface area (Å²) >= 11 is 0. The van der Waals surface area contributed by atoms with E-state index in [1.807, 2.05) is 13.8 Å². The highest BCUT2D eigenvalue weighted by Gasteiger charge is 2.30. The maximum Gasteiger partial charge on any atom is 0.309 e. The van der Waals surface area contributed by atoms with Crippen molar-refractivity contribution in [1.82, 2.24) is 0 Å². The van der Waals surface area contributed by atoms with Crippen molar-refractivity contribution in [2.45, 2.75) is 150 Å². The van der Waals surface area contributed by atoms with Crippen molar-refractivity contribution in [3.8, 4) is 0 Å². The van der Waals surface area contributed by atoms with Gasteiger partial charge in [0.1, 0.15) is 0 Å². The number of carbonyl (C=O) groups is 3. The molecule has 0 aliphatic carbocycles. The van der Waals surface area contributed by atoms with Gasteiger partial charge in [0.05, 0.1) is 31.2 Å². The predicted molar refractivity (Wildman–Crippen MR) is 158 cm³/mol. The maximum atomic E-state index is 12.9. The standard InChI is InChI=1S/C24H44O6.6CH4/c1-7-11-13-20(9-3)17-29-24(27)22(15-18(5)30-19(6)25)16-21(10-4)23(26)28-14-12-8-2;;;;;;/h18,20-22H,7-17H2,1-6H3;6*1H4. The first kappa shape index (κ1) is 51.1. The van der Waals surface area contributed by atoms with Crippen LogP contribution in [0.4, 0.5) is 0 Å². The highest BCUT2D eigenvalue weighted by atomic mass is 16.5. The number of ether oxygens (including phenoxy) is 3. The molecule has 0 amide bonds. The van der Waals surface area contributed by atoms with Crippen LogP contribution in [0.1, 0.15) is 144 Å². The minimum absolute atomic E-state index is 0. The fraction of sp³-hybridized carbons (Fsp3) is 0.900. The largest absolute Gasteiger partial charge is 0.465 e. The summed E-state index contributed by atoms with van der Waals surface area (Å²) < 4.78 is 16.2. The second-order valence-electron chi connectivity index (χ2n) is 8.26. The molecule has 0 rings (SSSR count). The van der Waals surface area contributed by atoms with Crippen LogP contribution in [0.2, 0.25) is 0 Å². The van der Waals surface area contributed by atoms with E-state index >= 15 is 0 Å². The van der Waals surface area contributed by atoms with Crippen molar-refractivity contribution in [3.63, 3.8) is 0 Å². The van der Waals surface area contributed by atoms with E-state index in [0.717, 1.165) is 38.5 Å². The Morgan fingerprint density at radius 3 is 1.67 bits per heavy atom. The Morgan fingerprint density at radius 2 is 1.22 bits per heavy atom. The van der Waals surface area contributed by atoms with Gasteiger partial charge in [-0.05, 0) is 44.9 Å². The molecule has 0 aromatic rings. The maximum absolute atomic E-state index is 12.9. The van der Waals surface area contributed by atoms with Gasteiger partial charge >= 0.3 is 17.9 Å².